The van der Waals surface area contributed by atoms with E-state index in [0.29, 0.717) is 25.4 Å². The molecule has 0 radical (unpaired) electrons. The summed E-state index contributed by atoms with van der Waals surface area (Å²) in [6, 6.07) is 7.47. The molecule has 1 aromatic rings. The molecule has 0 bridgehead atoms. The van der Waals surface area contributed by atoms with Crippen molar-refractivity contribution in [3.8, 4) is 0 Å². The van der Waals surface area contributed by atoms with E-state index >= 15 is 0 Å². The molecule has 4 nitrogen and oxygen atoms in total. The number of amides is 1. The highest BCUT2D eigenvalue weighted by Gasteiger charge is 2.21. The molecule has 2 N–H and O–H groups in total. The average molecular weight is 260 g/mol. The lowest BCUT2D eigenvalue weighted by Crippen LogP contribution is -2.44. The number of carbonyl (C=O) groups is 1. The van der Waals surface area contributed by atoms with E-state index in [0.717, 1.165) is 12.0 Å². The second kappa shape index (κ2) is 6.38. The van der Waals surface area contributed by atoms with E-state index in [9.17, 15) is 4.79 Å². The van der Waals surface area contributed by atoms with Gasteiger partial charge in [0.2, 0.25) is 5.91 Å². The second-order valence-electron chi connectivity index (χ2n) is 4.69. The minimum absolute atomic E-state index is 0.0316. The van der Waals surface area contributed by atoms with Crippen molar-refractivity contribution in [1.29, 1.82) is 0 Å². The maximum atomic E-state index is 12.1. The molecule has 1 fully saturated rings. The van der Waals surface area contributed by atoms with Gasteiger partial charge < -0.3 is 15.4 Å². The lowest BCUT2D eigenvalue weighted by molar-refractivity contribution is -0.133. The normalized spacial score (nSPS) is 19.8. The van der Waals surface area contributed by atoms with E-state index < -0.39 is 0 Å². The largest absolute Gasteiger partial charge is 0.399 e. The minimum atomic E-state index is 0.0316. The van der Waals surface area contributed by atoms with Crippen molar-refractivity contribution >= 4 is 17.7 Å². The summed E-state index contributed by atoms with van der Waals surface area (Å²) in [5.41, 5.74) is 7.34. The molecule has 1 aliphatic heterocycles. The minimum Gasteiger partial charge on any atom is -0.399 e. The molecule has 2 rings (SSSR count). The summed E-state index contributed by atoms with van der Waals surface area (Å²) < 4.78 is 5.55. The van der Waals surface area contributed by atoms with E-state index in [2.05, 4.69) is 6.92 Å². The predicted molar refractivity (Wildman–Crippen MR) is 76.5 cm³/mol. The van der Waals surface area contributed by atoms with Gasteiger partial charge in [0, 0.05) is 24.9 Å². The van der Waals surface area contributed by atoms with Gasteiger partial charge in [0.1, 0.15) is 0 Å². The molecule has 1 aromatic carbocycles. The number of nitrogens with two attached hydrogens (primary N) is 1. The van der Waals surface area contributed by atoms with Crippen LogP contribution in [0, 0.1) is 0 Å². The Bertz CT molecular complexity index is 471. The number of nitrogens with zero attached hydrogens (tertiary/aromatic N) is 1. The van der Waals surface area contributed by atoms with Crippen LogP contribution in [-0.2, 0) is 9.53 Å². The molecule has 0 spiro atoms. The Morgan fingerprint density at radius 2 is 2.42 bits per heavy atom. The first-order valence-corrected chi connectivity index (χ1v) is 6.63. The first-order valence-electron chi connectivity index (χ1n) is 6.63. The van der Waals surface area contributed by atoms with Crippen molar-refractivity contribution in [3.63, 3.8) is 0 Å². The Hall–Kier alpha value is -1.81. The number of nitrogen functional groups attached to an aromatic ring is 1. The van der Waals surface area contributed by atoms with Crippen molar-refractivity contribution in [3.05, 3.63) is 35.9 Å². The summed E-state index contributed by atoms with van der Waals surface area (Å²) in [5, 5.41) is 0. The van der Waals surface area contributed by atoms with Gasteiger partial charge in [-0.2, -0.15) is 0 Å². The first-order chi connectivity index (χ1) is 9.19. The van der Waals surface area contributed by atoms with Crippen molar-refractivity contribution in [2.24, 2.45) is 0 Å². The zero-order valence-electron chi connectivity index (χ0n) is 11.2. The van der Waals surface area contributed by atoms with Crippen molar-refractivity contribution < 1.29 is 9.53 Å². The highest BCUT2D eigenvalue weighted by atomic mass is 16.5. The van der Waals surface area contributed by atoms with Gasteiger partial charge in [-0.15, -0.1) is 0 Å². The Morgan fingerprint density at radius 3 is 3.16 bits per heavy atom. The fraction of sp³-hybridized carbons (Fsp3) is 0.400. The zero-order chi connectivity index (χ0) is 13.7. The molecule has 19 heavy (non-hydrogen) atoms. The number of anilines is 1. The van der Waals surface area contributed by atoms with Crippen LogP contribution in [0.3, 0.4) is 0 Å². The number of carbonyl (C=O) groups excluding carboxylic acids is 1. The maximum Gasteiger partial charge on any atom is 0.246 e. The Balaban J connectivity index is 1.96. The van der Waals surface area contributed by atoms with E-state index in [1.54, 1.807) is 12.2 Å². The summed E-state index contributed by atoms with van der Waals surface area (Å²) in [5.74, 6) is 0.0316. The number of rotatable bonds is 3. The zero-order valence-corrected chi connectivity index (χ0v) is 11.2. The van der Waals surface area contributed by atoms with Crippen LogP contribution in [-0.4, -0.2) is 36.6 Å². The van der Waals surface area contributed by atoms with Crippen molar-refractivity contribution in [1.82, 2.24) is 4.90 Å². The maximum absolute atomic E-state index is 12.1. The lowest BCUT2D eigenvalue weighted by atomic mass is 10.2. The highest BCUT2D eigenvalue weighted by Crippen LogP contribution is 2.11. The number of benzene rings is 1. The molecule has 0 saturated carbocycles. The Labute approximate surface area is 113 Å². The molecule has 1 saturated heterocycles. The molecule has 1 amide bonds. The quantitative estimate of drug-likeness (QED) is 0.667. The third-order valence-electron chi connectivity index (χ3n) is 3.23. The molecule has 1 unspecified atom stereocenters. The van der Waals surface area contributed by atoms with E-state index in [1.165, 1.54) is 0 Å². The van der Waals surface area contributed by atoms with Gasteiger partial charge in [0.05, 0.1) is 12.7 Å². The van der Waals surface area contributed by atoms with Crippen molar-refractivity contribution in [2.45, 2.75) is 19.4 Å². The van der Waals surface area contributed by atoms with Gasteiger partial charge in [-0.1, -0.05) is 19.1 Å². The molecule has 1 atom stereocenters. The first kappa shape index (κ1) is 13.6. The third kappa shape index (κ3) is 3.83. The number of hydrogen-bond donors (Lipinski definition) is 1. The van der Waals surface area contributed by atoms with Crippen LogP contribution in [0.2, 0.25) is 0 Å². The fourth-order valence-electron chi connectivity index (χ4n) is 2.10. The molecule has 0 aliphatic carbocycles. The predicted octanol–water partition coefficient (Wildman–Crippen LogP) is 1.92. The Kier molecular flexibility index (Phi) is 4.58. The summed E-state index contributed by atoms with van der Waals surface area (Å²) >= 11 is 0. The van der Waals surface area contributed by atoms with Gasteiger partial charge in [-0.3, -0.25) is 4.79 Å². The van der Waals surface area contributed by atoms with Gasteiger partial charge in [-0.25, -0.2) is 0 Å². The van der Waals surface area contributed by atoms with Crippen LogP contribution >= 0.6 is 0 Å². The molecule has 1 heterocycles. The topological polar surface area (TPSA) is 55.6 Å². The second-order valence-corrected chi connectivity index (χ2v) is 4.69. The molecule has 1 aliphatic rings. The average Bonchev–Trinajstić information content (AvgIpc) is 2.45. The van der Waals surface area contributed by atoms with Crippen LogP contribution in [0.1, 0.15) is 18.9 Å². The summed E-state index contributed by atoms with van der Waals surface area (Å²) in [4.78, 5) is 13.9. The van der Waals surface area contributed by atoms with E-state index in [-0.39, 0.29) is 12.0 Å². The highest BCUT2D eigenvalue weighted by molar-refractivity contribution is 5.92. The molecular formula is C15H20N2O2. The molecular weight excluding hydrogens is 240 g/mol. The molecule has 102 valence electrons. The number of morpholine rings is 1. The van der Waals surface area contributed by atoms with Gasteiger partial charge in [0.25, 0.3) is 0 Å². The van der Waals surface area contributed by atoms with Crippen LogP contribution in [0.15, 0.2) is 30.3 Å². The van der Waals surface area contributed by atoms with Gasteiger partial charge in [-0.05, 0) is 30.2 Å². The number of ether oxygens (including phenoxy) is 1. The van der Waals surface area contributed by atoms with Crippen molar-refractivity contribution in [2.75, 3.05) is 25.4 Å². The van der Waals surface area contributed by atoms with Gasteiger partial charge >= 0.3 is 0 Å². The standard InChI is InChI=1S/C15H20N2O2/c1-2-14-11-17(8-9-19-14)15(18)7-6-12-4-3-5-13(16)10-12/h3-7,10,14H,2,8-9,11,16H2,1H3/b7-6+. The van der Waals surface area contributed by atoms with Crippen LogP contribution in [0.4, 0.5) is 5.69 Å². The SMILES string of the molecule is CCC1CN(C(=O)/C=C/c2cccc(N)c2)CCO1. The fourth-order valence-corrected chi connectivity index (χ4v) is 2.10. The lowest BCUT2D eigenvalue weighted by Gasteiger charge is -2.31. The van der Waals surface area contributed by atoms with E-state index in [4.69, 9.17) is 10.5 Å². The van der Waals surface area contributed by atoms with Crippen LogP contribution < -0.4 is 5.73 Å². The summed E-state index contributed by atoms with van der Waals surface area (Å²) in [7, 11) is 0. The molecule has 0 aromatic heterocycles. The van der Waals surface area contributed by atoms with Crippen LogP contribution in [0.5, 0.6) is 0 Å². The number of hydrogen-bond acceptors (Lipinski definition) is 3. The monoisotopic (exact) mass is 260 g/mol. The van der Waals surface area contributed by atoms with E-state index in [1.807, 2.05) is 29.2 Å². The smallest absolute Gasteiger partial charge is 0.246 e. The Morgan fingerprint density at radius 1 is 1.58 bits per heavy atom. The van der Waals surface area contributed by atoms with Gasteiger partial charge in [0.15, 0.2) is 0 Å². The summed E-state index contributed by atoms with van der Waals surface area (Å²) in [6.07, 6.45) is 4.50. The summed E-state index contributed by atoms with van der Waals surface area (Å²) in [6.45, 7) is 4.03. The van der Waals surface area contributed by atoms with Crippen LogP contribution in [0.25, 0.3) is 6.08 Å². The molecule has 4 heteroatoms. The third-order valence-corrected chi connectivity index (χ3v) is 3.23.